The Bertz CT molecular complexity index is 197. The second-order valence-electron chi connectivity index (χ2n) is 5.05. The molecule has 0 amide bonds. The molecule has 0 aromatic heterocycles. The highest BCUT2D eigenvalue weighted by Crippen LogP contribution is 2.27. The first-order valence-corrected chi connectivity index (χ1v) is 6.48. The van der Waals surface area contributed by atoms with Crippen LogP contribution >= 0.6 is 0 Å². The van der Waals surface area contributed by atoms with Crippen molar-refractivity contribution in [2.24, 2.45) is 5.92 Å². The summed E-state index contributed by atoms with van der Waals surface area (Å²) in [7, 11) is 0. The molecule has 0 aromatic rings. The lowest BCUT2D eigenvalue weighted by molar-refractivity contribution is -0.121. The Hall–Kier alpha value is -0.370. The molecular weight excluding hydrogens is 188 g/mol. The molecule has 2 rings (SSSR count). The lowest BCUT2D eigenvalue weighted by Crippen LogP contribution is -2.14. The summed E-state index contributed by atoms with van der Waals surface area (Å²) in [6, 6.07) is 0. The number of hydrogen-bond donors (Lipinski definition) is 0. The molecule has 0 N–H and O–H groups in total. The number of rotatable bonds is 4. The van der Waals surface area contributed by atoms with Crippen molar-refractivity contribution in [2.75, 3.05) is 6.61 Å². The number of hydrogen-bond acceptors (Lipinski definition) is 2. The Morgan fingerprint density at radius 1 is 1.13 bits per heavy atom. The van der Waals surface area contributed by atoms with Crippen molar-refractivity contribution in [3.63, 3.8) is 0 Å². The van der Waals surface area contributed by atoms with Gasteiger partial charge in [-0.2, -0.15) is 0 Å². The van der Waals surface area contributed by atoms with Crippen LogP contribution in [-0.4, -0.2) is 18.5 Å². The minimum absolute atomic E-state index is 0.477. The van der Waals surface area contributed by atoms with Crippen LogP contribution in [0.4, 0.5) is 0 Å². The van der Waals surface area contributed by atoms with Gasteiger partial charge in [0, 0.05) is 19.4 Å². The molecule has 2 aliphatic rings. The fraction of sp³-hybridized carbons (Fsp3) is 0.923. The van der Waals surface area contributed by atoms with Crippen LogP contribution in [-0.2, 0) is 9.53 Å². The van der Waals surface area contributed by atoms with Crippen LogP contribution in [0.5, 0.6) is 0 Å². The van der Waals surface area contributed by atoms with E-state index < -0.39 is 0 Å². The summed E-state index contributed by atoms with van der Waals surface area (Å²) in [5.41, 5.74) is 0. The summed E-state index contributed by atoms with van der Waals surface area (Å²) >= 11 is 0. The molecule has 1 atom stereocenters. The van der Waals surface area contributed by atoms with Crippen molar-refractivity contribution < 1.29 is 9.53 Å². The molecule has 2 fully saturated rings. The number of ether oxygens (including phenoxy) is 1. The van der Waals surface area contributed by atoms with Crippen molar-refractivity contribution in [3.8, 4) is 0 Å². The Labute approximate surface area is 92.4 Å². The highest BCUT2D eigenvalue weighted by Gasteiger charge is 2.20. The molecule has 1 aliphatic carbocycles. The molecule has 86 valence electrons. The zero-order valence-corrected chi connectivity index (χ0v) is 9.54. The van der Waals surface area contributed by atoms with Gasteiger partial charge in [-0.1, -0.05) is 12.8 Å². The van der Waals surface area contributed by atoms with Gasteiger partial charge in [-0.25, -0.2) is 0 Å². The lowest BCUT2D eigenvalue weighted by atomic mass is 9.85. The normalized spacial score (nSPS) is 28.5. The van der Waals surface area contributed by atoms with Crippen LogP contribution in [0.2, 0.25) is 0 Å². The van der Waals surface area contributed by atoms with Crippen molar-refractivity contribution in [1.29, 1.82) is 0 Å². The van der Waals surface area contributed by atoms with Gasteiger partial charge in [0.25, 0.3) is 0 Å². The molecule has 1 saturated carbocycles. The van der Waals surface area contributed by atoms with Gasteiger partial charge >= 0.3 is 0 Å². The minimum atomic E-state index is 0.477. The maximum atomic E-state index is 11.1. The second-order valence-corrected chi connectivity index (χ2v) is 5.05. The quantitative estimate of drug-likeness (QED) is 0.712. The molecule has 0 radical (unpaired) electrons. The average Bonchev–Trinajstić information content (AvgIpc) is 2.74. The van der Waals surface area contributed by atoms with E-state index in [0.717, 1.165) is 38.2 Å². The van der Waals surface area contributed by atoms with E-state index in [1.165, 1.54) is 32.1 Å². The average molecular weight is 210 g/mol. The Kier molecular flexibility index (Phi) is 4.18. The zero-order valence-electron chi connectivity index (χ0n) is 9.54. The Balaban J connectivity index is 1.55. The van der Waals surface area contributed by atoms with Gasteiger partial charge in [0.05, 0.1) is 6.10 Å². The van der Waals surface area contributed by atoms with Gasteiger partial charge in [-0.15, -0.1) is 0 Å². The number of carbonyl (C=O) groups excluding carboxylic acids is 1. The predicted octanol–water partition coefficient (Wildman–Crippen LogP) is 3.10. The van der Waals surface area contributed by atoms with Crippen molar-refractivity contribution >= 4 is 5.78 Å². The summed E-state index contributed by atoms with van der Waals surface area (Å²) < 4.78 is 5.61. The smallest absolute Gasteiger partial charge is 0.132 e. The summed E-state index contributed by atoms with van der Waals surface area (Å²) in [5, 5.41) is 0. The molecule has 1 aliphatic heterocycles. The molecule has 1 saturated heterocycles. The van der Waals surface area contributed by atoms with Crippen molar-refractivity contribution in [3.05, 3.63) is 0 Å². The van der Waals surface area contributed by atoms with Gasteiger partial charge in [0.15, 0.2) is 0 Å². The summed E-state index contributed by atoms with van der Waals surface area (Å²) in [6.07, 6.45) is 10.9. The summed E-state index contributed by atoms with van der Waals surface area (Å²) in [6.45, 7) is 0.975. The zero-order chi connectivity index (χ0) is 10.5. The molecule has 1 heterocycles. The number of carbonyl (C=O) groups is 1. The first-order valence-electron chi connectivity index (χ1n) is 6.48. The Morgan fingerprint density at radius 3 is 2.60 bits per heavy atom. The first kappa shape index (κ1) is 11.1. The molecule has 2 heteroatoms. The molecule has 0 spiro atoms. The third-order valence-corrected chi connectivity index (χ3v) is 3.83. The standard InChI is InChI=1S/C13H22O2/c14-12-8-6-11(7-9-12)3-1-4-13-5-2-10-15-13/h11,13H,1-10H2. The maximum Gasteiger partial charge on any atom is 0.132 e. The van der Waals surface area contributed by atoms with Crippen LogP contribution in [0.25, 0.3) is 0 Å². The molecule has 0 bridgehead atoms. The van der Waals surface area contributed by atoms with Crippen molar-refractivity contribution in [2.45, 2.75) is 63.9 Å². The lowest BCUT2D eigenvalue weighted by Gasteiger charge is -2.21. The third-order valence-electron chi connectivity index (χ3n) is 3.83. The van der Waals surface area contributed by atoms with Gasteiger partial charge in [-0.3, -0.25) is 4.79 Å². The first-order chi connectivity index (χ1) is 7.34. The predicted molar refractivity (Wildman–Crippen MR) is 59.8 cm³/mol. The van der Waals surface area contributed by atoms with Crippen LogP contribution in [0.1, 0.15) is 57.8 Å². The van der Waals surface area contributed by atoms with Crippen molar-refractivity contribution in [1.82, 2.24) is 0 Å². The second kappa shape index (κ2) is 5.64. The fourth-order valence-electron chi connectivity index (χ4n) is 2.79. The van der Waals surface area contributed by atoms with E-state index in [0.29, 0.717) is 11.9 Å². The molecule has 0 aromatic carbocycles. The third kappa shape index (κ3) is 3.60. The summed E-state index contributed by atoms with van der Waals surface area (Å²) in [4.78, 5) is 11.1. The van der Waals surface area contributed by atoms with Gasteiger partial charge in [0.1, 0.15) is 5.78 Å². The van der Waals surface area contributed by atoms with E-state index in [2.05, 4.69) is 0 Å². The van der Waals surface area contributed by atoms with E-state index >= 15 is 0 Å². The van der Waals surface area contributed by atoms with E-state index in [1.807, 2.05) is 0 Å². The van der Waals surface area contributed by atoms with Crippen LogP contribution in [0.15, 0.2) is 0 Å². The summed E-state index contributed by atoms with van der Waals surface area (Å²) in [5.74, 6) is 1.30. The van der Waals surface area contributed by atoms with Gasteiger partial charge in [0.2, 0.25) is 0 Å². The minimum Gasteiger partial charge on any atom is -0.378 e. The Morgan fingerprint density at radius 2 is 1.93 bits per heavy atom. The molecule has 1 unspecified atom stereocenters. The molecule has 2 nitrogen and oxygen atoms in total. The number of Topliss-reactive ketones (excluding diaryl/α,β-unsaturated/α-hetero) is 1. The van der Waals surface area contributed by atoms with E-state index in [1.54, 1.807) is 0 Å². The fourth-order valence-corrected chi connectivity index (χ4v) is 2.79. The van der Waals surface area contributed by atoms with Crippen LogP contribution in [0, 0.1) is 5.92 Å². The molecular formula is C13H22O2. The maximum absolute atomic E-state index is 11.1. The van der Waals surface area contributed by atoms with E-state index in [4.69, 9.17) is 4.74 Å². The highest BCUT2D eigenvalue weighted by molar-refractivity contribution is 5.78. The van der Waals surface area contributed by atoms with E-state index in [-0.39, 0.29) is 0 Å². The largest absolute Gasteiger partial charge is 0.378 e. The van der Waals surface area contributed by atoms with Gasteiger partial charge in [-0.05, 0) is 38.0 Å². The van der Waals surface area contributed by atoms with E-state index in [9.17, 15) is 4.79 Å². The monoisotopic (exact) mass is 210 g/mol. The van der Waals surface area contributed by atoms with Crippen LogP contribution in [0.3, 0.4) is 0 Å². The molecule has 15 heavy (non-hydrogen) atoms. The van der Waals surface area contributed by atoms with Gasteiger partial charge < -0.3 is 4.74 Å². The van der Waals surface area contributed by atoms with Crippen LogP contribution < -0.4 is 0 Å². The SMILES string of the molecule is O=C1CCC(CCCC2CCCO2)CC1. The topological polar surface area (TPSA) is 26.3 Å². The number of ketones is 1. The highest BCUT2D eigenvalue weighted by atomic mass is 16.5.